The first-order chi connectivity index (χ1) is 9.52. The number of hydrogen-bond acceptors (Lipinski definition) is 4. The Kier molecular flexibility index (Phi) is 4.29. The summed E-state index contributed by atoms with van der Waals surface area (Å²) < 4.78 is 1.91. The summed E-state index contributed by atoms with van der Waals surface area (Å²) in [6, 6.07) is 8.09. The topological polar surface area (TPSA) is 76.1 Å². The van der Waals surface area contributed by atoms with Crippen LogP contribution in [0.5, 0.6) is 0 Å². The maximum Gasteiger partial charge on any atom is 0.148 e. The van der Waals surface area contributed by atoms with Crippen LogP contribution in [0, 0.1) is 6.92 Å². The summed E-state index contributed by atoms with van der Waals surface area (Å²) in [6.07, 6.45) is 0. The van der Waals surface area contributed by atoms with Crippen LogP contribution in [-0.4, -0.2) is 14.9 Å². The molecule has 108 valence electrons. The van der Waals surface area contributed by atoms with Crippen LogP contribution in [0.4, 0.5) is 11.5 Å². The number of rotatable bonds is 5. The molecule has 0 atom stereocenters. The van der Waals surface area contributed by atoms with E-state index in [1.165, 1.54) is 0 Å². The molecule has 5 nitrogen and oxygen atoms in total. The van der Waals surface area contributed by atoms with Crippen molar-refractivity contribution in [3.63, 3.8) is 0 Å². The van der Waals surface area contributed by atoms with E-state index in [1.54, 1.807) is 0 Å². The van der Waals surface area contributed by atoms with E-state index in [2.05, 4.69) is 24.3 Å². The first-order valence-electron chi connectivity index (χ1n) is 6.80. The Morgan fingerprint density at radius 1 is 1.25 bits per heavy atom. The number of nitrogens with two attached hydrogens (primary N) is 1. The van der Waals surface area contributed by atoms with Gasteiger partial charge in [0.15, 0.2) is 0 Å². The van der Waals surface area contributed by atoms with Crippen LogP contribution >= 0.6 is 0 Å². The molecule has 4 N–H and O–H groups in total. The third-order valence-electron chi connectivity index (χ3n) is 3.29. The van der Waals surface area contributed by atoms with E-state index in [0.29, 0.717) is 12.2 Å². The van der Waals surface area contributed by atoms with Crippen molar-refractivity contribution < 1.29 is 5.11 Å². The van der Waals surface area contributed by atoms with Gasteiger partial charge in [-0.15, -0.1) is 0 Å². The third kappa shape index (κ3) is 2.93. The zero-order chi connectivity index (χ0) is 14.7. The smallest absolute Gasteiger partial charge is 0.148 e. The lowest BCUT2D eigenvalue weighted by atomic mass is 10.1. The van der Waals surface area contributed by atoms with Crippen LogP contribution in [-0.2, 0) is 13.2 Å². The number of aromatic nitrogens is 2. The van der Waals surface area contributed by atoms with E-state index in [-0.39, 0.29) is 12.6 Å². The van der Waals surface area contributed by atoms with Crippen LogP contribution in [0.2, 0.25) is 0 Å². The molecule has 0 aliphatic rings. The van der Waals surface area contributed by atoms with E-state index in [9.17, 15) is 0 Å². The van der Waals surface area contributed by atoms with Gasteiger partial charge in [0.25, 0.3) is 0 Å². The van der Waals surface area contributed by atoms with Crippen LogP contribution < -0.4 is 11.1 Å². The molecule has 5 heteroatoms. The third-order valence-corrected chi connectivity index (χ3v) is 3.29. The van der Waals surface area contributed by atoms with Crippen LogP contribution in [0.1, 0.15) is 36.7 Å². The average molecular weight is 274 g/mol. The number of nitrogen functional groups attached to an aromatic ring is 1. The average Bonchev–Trinajstić information content (AvgIpc) is 2.73. The summed E-state index contributed by atoms with van der Waals surface area (Å²) in [6.45, 7) is 6.81. The summed E-state index contributed by atoms with van der Waals surface area (Å²) >= 11 is 0. The van der Waals surface area contributed by atoms with Gasteiger partial charge in [-0.05, 0) is 31.9 Å². The van der Waals surface area contributed by atoms with Gasteiger partial charge in [-0.25, -0.2) is 4.68 Å². The van der Waals surface area contributed by atoms with Gasteiger partial charge in [0, 0.05) is 12.6 Å². The fraction of sp³-hybridized carbons (Fsp3) is 0.400. The maximum absolute atomic E-state index is 9.03. The van der Waals surface area contributed by atoms with Crippen molar-refractivity contribution in [3.05, 3.63) is 41.1 Å². The highest BCUT2D eigenvalue weighted by Gasteiger charge is 2.14. The molecule has 0 bridgehead atoms. The number of nitrogens with one attached hydrogen (secondary N) is 1. The predicted molar refractivity (Wildman–Crippen MR) is 81.5 cm³/mol. The normalized spacial score (nSPS) is 11.1. The second-order valence-electron chi connectivity index (χ2n) is 5.21. The molecule has 0 aliphatic heterocycles. The first kappa shape index (κ1) is 14.4. The second-order valence-corrected chi connectivity index (χ2v) is 5.21. The van der Waals surface area contributed by atoms with Gasteiger partial charge in [0.05, 0.1) is 18.0 Å². The quantitative estimate of drug-likeness (QED) is 0.783. The van der Waals surface area contributed by atoms with Crippen molar-refractivity contribution in [1.82, 2.24) is 9.78 Å². The van der Waals surface area contributed by atoms with E-state index in [4.69, 9.17) is 10.8 Å². The van der Waals surface area contributed by atoms with Gasteiger partial charge in [0.2, 0.25) is 0 Å². The lowest BCUT2D eigenvalue weighted by Crippen LogP contribution is -2.11. The monoisotopic (exact) mass is 274 g/mol. The highest BCUT2D eigenvalue weighted by Crippen LogP contribution is 2.25. The molecule has 0 radical (unpaired) electrons. The number of hydrogen-bond donors (Lipinski definition) is 3. The number of aliphatic hydroxyl groups is 1. The Morgan fingerprint density at radius 2 is 1.85 bits per heavy atom. The van der Waals surface area contributed by atoms with Gasteiger partial charge >= 0.3 is 0 Å². The van der Waals surface area contributed by atoms with Crippen molar-refractivity contribution in [2.24, 2.45) is 0 Å². The molecule has 0 saturated heterocycles. The minimum atomic E-state index is 0.0694. The minimum Gasteiger partial charge on any atom is -0.394 e. The SMILES string of the molecule is Cc1nn(C(C)C)c(NCc2ccc(CO)cc2)c1N. The predicted octanol–water partition coefficient (Wildman–Crippen LogP) is 2.46. The van der Waals surface area contributed by atoms with E-state index in [0.717, 1.165) is 22.6 Å². The molecule has 0 amide bonds. The fourth-order valence-corrected chi connectivity index (χ4v) is 2.06. The van der Waals surface area contributed by atoms with Gasteiger partial charge in [0.1, 0.15) is 5.82 Å². The molecular formula is C15H22N4O. The Morgan fingerprint density at radius 3 is 2.40 bits per heavy atom. The van der Waals surface area contributed by atoms with Gasteiger partial charge in [-0.1, -0.05) is 24.3 Å². The molecule has 1 aromatic heterocycles. The van der Waals surface area contributed by atoms with Crippen molar-refractivity contribution in [2.75, 3.05) is 11.1 Å². The second kappa shape index (κ2) is 5.96. The largest absolute Gasteiger partial charge is 0.394 e. The van der Waals surface area contributed by atoms with Crippen molar-refractivity contribution in [3.8, 4) is 0 Å². The van der Waals surface area contributed by atoms with Crippen molar-refractivity contribution in [1.29, 1.82) is 0 Å². The highest BCUT2D eigenvalue weighted by molar-refractivity contribution is 5.65. The number of aliphatic hydroxyl groups excluding tert-OH is 1. The molecule has 0 aliphatic carbocycles. The van der Waals surface area contributed by atoms with Crippen LogP contribution in [0.25, 0.3) is 0 Å². The van der Waals surface area contributed by atoms with Crippen molar-refractivity contribution >= 4 is 11.5 Å². The van der Waals surface area contributed by atoms with E-state index < -0.39 is 0 Å². The lowest BCUT2D eigenvalue weighted by molar-refractivity contribution is 0.282. The molecule has 0 spiro atoms. The first-order valence-corrected chi connectivity index (χ1v) is 6.80. The number of anilines is 2. The summed E-state index contributed by atoms with van der Waals surface area (Å²) in [5.41, 5.74) is 9.66. The molecule has 20 heavy (non-hydrogen) atoms. The zero-order valence-corrected chi connectivity index (χ0v) is 12.2. The Balaban J connectivity index is 2.13. The molecule has 0 saturated carbocycles. The molecule has 0 fully saturated rings. The zero-order valence-electron chi connectivity index (χ0n) is 12.2. The molecule has 1 aromatic carbocycles. The molecule has 1 heterocycles. The number of nitrogens with zero attached hydrogens (tertiary/aromatic N) is 2. The lowest BCUT2D eigenvalue weighted by Gasteiger charge is -2.13. The Bertz CT molecular complexity index is 572. The molecule has 2 aromatic rings. The Hall–Kier alpha value is -2.01. The van der Waals surface area contributed by atoms with Crippen LogP contribution in [0.15, 0.2) is 24.3 Å². The van der Waals surface area contributed by atoms with Gasteiger partial charge in [-0.2, -0.15) is 5.10 Å². The van der Waals surface area contributed by atoms with E-state index in [1.807, 2.05) is 35.9 Å². The highest BCUT2D eigenvalue weighted by atomic mass is 16.3. The van der Waals surface area contributed by atoms with Crippen molar-refractivity contribution in [2.45, 2.75) is 40.0 Å². The summed E-state index contributed by atoms with van der Waals surface area (Å²) in [5.74, 6) is 0.865. The molecular weight excluding hydrogens is 252 g/mol. The van der Waals surface area contributed by atoms with Gasteiger partial charge in [-0.3, -0.25) is 0 Å². The summed E-state index contributed by atoms with van der Waals surface area (Å²) in [4.78, 5) is 0. The van der Waals surface area contributed by atoms with E-state index >= 15 is 0 Å². The van der Waals surface area contributed by atoms with Crippen LogP contribution in [0.3, 0.4) is 0 Å². The van der Waals surface area contributed by atoms with Gasteiger partial charge < -0.3 is 16.2 Å². The summed E-state index contributed by atoms with van der Waals surface area (Å²) in [7, 11) is 0. The fourth-order valence-electron chi connectivity index (χ4n) is 2.06. The molecule has 0 unspecified atom stereocenters. The minimum absolute atomic E-state index is 0.0694. The summed E-state index contributed by atoms with van der Waals surface area (Å²) in [5, 5.41) is 16.8. The number of aryl methyl sites for hydroxylation is 1. The Labute approximate surface area is 119 Å². The maximum atomic E-state index is 9.03. The number of benzene rings is 1. The standard InChI is InChI=1S/C15H22N4O/c1-10(2)19-15(14(16)11(3)18-19)17-8-12-4-6-13(9-20)7-5-12/h4-7,10,17,20H,8-9,16H2,1-3H3. The molecule has 2 rings (SSSR count).